The van der Waals surface area contributed by atoms with Gasteiger partial charge in [-0.25, -0.2) is 0 Å². The molecule has 20 heavy (non-hydrogen) atoms. The molecule has 1 unspecified atom stereocenters. The minimum atomic E-state index is 0.152. The molecule has 0 bridgehead atoms. The van der Waals surface area contributed by atoms with Gasteiger partial charge in [0.1, 0.15) is 0 Å². The Labute approximate surface area is 127 Å². The van der Waals surface area contributed by atoms with E-state index in [1.807, 2.05) is 37.7 Å². The van der Waals surface area contributed by atoms with E-state index in [9.17, 15) is 0 Å². The Morgan fingerprint density at radius 2 is 1.95 bits per heavy atom. The Hall–Kier alpha value is -0.870. The maximum Gasteiger partial charge on any atom is 0.161 e. The molecule has 1 N–H and O–H groups in total. The maximum atomic E-state index is 5.72. The lowest BCUT2D eigenvalue weighted by Gasteiger charge is -2.16. The van der Waals surface area contributed by atoms with Crippen LogP contribution in [0.5, 0.6) is 11.5 Å². The first-order valence-corrected chi connectivity index (χ1v) is 8.37. The largest absolute Gasteiger partial charge is 0.493 e. The molecular weight excluding hydrogens is 270 g/mol. The van der Waals surface area contributed by atoms with Crippen LogP contribution in [0.2, 0.25) is 0 Å². The number of hydrogen-bond donors (Lipinski definition) is 1. The van der Waals surface area contributed by atoms with Gasteiger partial charge in [0.25, 0.3) is 0 Å². The molecule has 1 aromatic rings. The van der Waals surface area contributed by atoms with Gasteiger partial charge < -0.3 is 14.8 Å². The lowest BCUT2D eigenvalue weighted by atomic mass is 10.2. The molecule has 3 nitrogen and oxygen atoms in total. The third-order valence-corrected chi connectivity index (χ3v) is 3.96. The van der Waals surface area contributed by atoms with Crippen LogP contribution >= 0.6 is 11.8 Å². The van der Waals surface area contributed by atoms with Crippen molar-refractivity contribution in [3.63, 3.8) is 0 Å². The number of ether oxygens (including phenoxy) is 2. The molecule has 0 amide bonds. The molecule has 0 fully saturated rings. The van der Waals surface area contributed by atoms with Gasteiger partial charge in [-0.2, -0.15) is 11.8 Å². The van der Waals surface area contributed by atoms with E-state index in [1.165, 1.54) is 11.3 Å². The van der Waals surface area contributed by atoms with Gasteiger partial charge in [0, 0.05) is 18.3 Å². The van der Waals surface area contributed by atoms with E-state index in [1.54, 1.807) is 7.11 Å². The fourth-order valence-corrected chi connectivity index (χ4v) is 2.53. The summed E-state index contributed by atoms with van der Waals surface area (Å²) < 4.78 is 11.1. The quantitative estimate of drug-likeness (QED) is 0.752. The van der Waals surface area contributed by atoms with E-state index >= 15 is 0 Å². The minimum Gasteiger partial charge on any atom is -0.493 e. The zero-order valence-electron chi connectivity index (χ0n) is 13.2. The van der Waals surface area contributed by atoms with E-state index in [2.05, 4.69) is 25.2 Å². The molecule has 0 saturated carbocycles. The summed E-state index contributed by atoms with van der Waals surface area (Å²) in [6.45, 7) is 9.29. The molecule has 0 saturated heterocycles. The summed E-state index contributed by atoms with van der Waals surface area (Å²) in [7, 11) is 1.68. The van der Waals surface area contributed by atoms with Crippen molar-refractivity contribution in [2.45, 2.75) is 46.4 Å². The van der Waals surface area contributed by atoms with Crippen molar-refractivity contribution >= 4 is 11.8 Å². The van der Waals surface area contributed by atoms with Crippen molar-refractivity contribution in [1.29, 1.82) is 0 Å². The molecule has 1 rings (SSSR count). The monoisotopic (exact) mass is 297 g/mol. The molecule has 0 radical (unpaired) electrons. The molecule has 1 aromatic carbocycles. The fraction of sp³-hybridized carbons (Fsp3) is 0.625. The Kier molecular flexibility index (Phi) is 7.85. The maximum absolute atomic E-state index is 5.72. The van der Waals surface area contributed by atoms with E-state index in [0.29, 0.717) is 6.04 Å². The van der Waals surface area contributed by atoms with Crippen molar-refractivity contribution in [2.24, 2.45) is 0 Å². The number of benzene rings is 1. The van der Waals surface area contributed by atoms with Crippen molar-refractivity contribution < 1.29 is 9.47 Å². The Morgan fingerprint density at radius 3 is 2.55 bits per heavy atom. The summed E-state index contributed by atoms with van der Waals surface area (Å²) in [6.07, 6.45) is 0.152. The molecular formula is C16H27NO2S. The Bertz CT molecular complexity index is 396. The van der Waals surface area contributed by atoms with Crippen LogP contribution in [0.3, 0.4) is 0 Å². The predicted octanol–water partition coefficient (Wildman–Crippen LogP) is 3.71. The van der Waals surface area contributed by atoms with Crippen LogP contribution in [-0.4, -0.2) is 30.8 Å². The average molecular weight is 297 g/mol. The fourth-order valence-electron chi connectivity index (χ4n) is 1.82. The van der Waals surface area contributed by atoms with Crippen molar-refractivity contribution in [1.82, 2.24) is 5.32 Å². The van der Waals surface area contributed by atoms with Crippen LogP contribution in [-0.2, 0) is 6.54 Å². The molecule has 1 atom stereocenters. The Balaban J connectivity index is 2.59. The second-order valence-corrected chi connectivity index (χ2v) is 6.41. The van der Waals surface area contributed by atoms with Crippen LogP contribution in [0.15, 0.2) is 18.2 Å². The van der Waals surface area contributed by atoms with Gasteiger partial charge in [0.05, 0.1) is 13.2 Å². The molecule has 114 valence electrons. The molecule has 0 aliphatic heterocycles. The van der Waals surface area contributed by atoms with E-state index in [4.69, 9.17) is 9.47 Å². The van der Waals surface area contributed by atoms with Gasteiger partial charge in [-0.15, -0.1) is 0 Å². The van der Waals surface area contributed by atoms with Crippen LogP contribution in [0.1, 0.15) is 33.3 Å². The van der Waals surface area contributed by atoms with Crippen LogP contribution in [0.4, 0.5) is 0 Å². The SMILES string of the molecule is CCSCC(C)NCc1ccc(OC(C)C)c(OC)c1. The molecule has 4 heteroatoms. The molecule has 0 aliphatic rings. The van der Waals surface area contributed by atoms with E-state index in [-0.39, 0.29) is 6.10 Å². The summed E-state index contributed by atoms with van der Waals surface area (Å²) >= 11 is 1.96. The average Bonchev–Trinajstić information content (AvgIpc) is 2.43. The number of thioether (sulfide) groups is 1. The summed E-state index contributed by atoms with van der Waals surface area (Å²) in [6, 6.07) is 6.64. The summed E-state index contributed by atoms with van der Waals surface area (Å²) in [5.74, 6) is 3.91. The van der Waals surface area contributed by atoms with Gasteiger partial charge >= 0.3 is 0 Å². The zero-order chi connectivity index (χ0) is 15.0. The highest BCUT2D eigenvalue weighted by Crippen LogP contribution is 2.28. The van der Waals surface area contributed by atoms with Crippen LogP contribution in [0.25, 0.3) is 0 Å². The molecule has 0 aliphatic carbocycles. The van der Waals surface area contributed by atoms with E-state index < -0.39 is 0 Å². The topological polar surface area (TPSA) is 30.5 Å². The van der Waals surface area contributed by atoms with Crippen molar-refractivity contribution in [2.75, 3.05) is 18.6 Å². The van der Waals surface area contributed by atoms with E-state index in [0.717, 1.165) is 23.8 Å². The van der Waals surface area contributed by atoms with Gasteiger partial charge in [-0.05, 0) is 44.2 Å². The summed E-state index contributed by atoms with van der Waals surface area (Å²) in [4.78, 5) is 0. The van der Waals surface area contributed by atoms with Gasteiger partial charge in [0.15, 0.2) is 11.5 Å². The van der Waals surface area contributed by atoms with Crippen LogP contribution in [0, 0.1) is 0 Å². The number of methoxy groups -OCH3 is 1. The second-order valence-electron chi connectivity index (χ2n) is 5.09. The number of nitrogens with one attached hydrogen (secondary N) is 1. The van der Waals surface area contributed by atoms with Crippen molar-refractivity contribution in [3.8, 4) is 11.5 Å². The first kappa shape index (κ1) is 17.2. The molecule has 0 aromatic heterocycles. The third-order valence-electron chi connectivity index (χ3n) is 2.82. The lowest BCUT2D eigenvalue weighted by molar-refractivity contribution is 0.230. The second kappa shape index (κ2) is 9.14. The smallest absolute Gasteiger partial charge is 0.161 e. The van der Waals surface area contributed by atoms with Gasteiger partial charge in [0.2, 0.25) is 0 Å². The predicted molar refractivity (Wildman–Crippen MR) is 88.1 cm³/mol. The van der Waals surface area contributed by atoms with Gasteiger partial charge in [-0.1, -0.05) is 13.0 Å². The zero-order valence-corrected chi connectivity index (χ0v) is 14.0. The first-order valence-electron chi connectivity index (χ1n) is 7.21. The summed E-state index contributed by atoms with van der Waals surface area (Å²) in [5.41, 5.74) is 1.21. The normalized spacial score (nSPS) is 12.5. The standard InChI is InChI=1S/C16H27NO2S/c1-6-20-11-13(4)17-10-14-7-8-15(19-12(2)3)16(9-14)18-5/h7-9,12-13,17H,6,10-11H2,1-5H3. The first-order chi connectivity index (χ1) is 9.56. The summed E-state index contributed by atoms with van der Waals surface area (Å²) in [5, 5.41) is 3.53. The number of hydrogen-bond acceptors (Lipinski definition) is 4. The lowest BCUT2D eigenvalue weighted by Crippen LogP contribution is -2.27. The minimum absolute atomic E-state index is 0.152. The number of rotatable bonds is 9. The molecule has 0 heterocycles. The van der Waals surface area contributed by atoms with Crippen molar-refractivity contribution in [3.05, 3.63) is 23.8 Å². The third kappa shape index (κ3) is 6.06. The van der Waals surface area contributed by atoms with Crippen LogP contribution < -0.4 is 14.8 Å². The highest BCUT2D eigenvalue weighted by Gasteiger charge is 2.08. The Morgan fingerprint density at radius 1 is 1.20 bits per heavy atom. The highest BCUT2D eigenvalue weighted by molar-refractivity contribution is 7.99. The van der Waals surface area contributed by atoms with Gasteiger partial charge in [-0.3, -0.25) is 0 Å². The molecule has 0 spiro atoms. The highest BCUT2D eigenvalue weighted by atomic mass is 32.2.